The van der Waals surface area contributed by atoms with E-state index in [2.05, 4.69) is 26.0 Å². The monoisotopic (exact) mass is 803 g/mol. The van der Waals surface area contributed by atoms with Gasteiger partial charge in [-0.05, 0) is 38.5 Å². The number of likely N-dealkylation sites (N-methyl/N-ethyl adjacent to an activating group) is 1. The van der Waals surface area contributed by atoms with E-state index in [1.807, 2.05) is 21.1 Å². The van der Waals surface area contributed by atoms with Crippen molar-refractivity contribution in [2.24, 2.45) is 0 Å². The molecule has 55 heavy (non-hydrogen) atoms. The summed E-state index contributed by atoms with van der Waals surface area (Å²) < 4.78 is 35.1. The number of rotatable bonds is 44. The van der Waals surface area contributed by atoms with Crippen molar-refractivity contribution in [3.05, 3.63) is 12.2 Å². The Balaban J connectivity index is 4.18. The zero-order valence-corrected chi connectivity index (χ0v) is 38.1. The molecule has 0 aromatic rings. The van der Waals surface area contributed by atoms with E-state index in [-0.39, 0.29) is 25.8 Å². The van der Waals surface area contributed by atoms with Crippen LogP contribution < -0.4 is 0 Å². The summed E-state index contributed by atoms with van der Waals surface area (Å²) in [5.41, 5.74) is 0. The van der Waals surface area contributed by atoms with Crippen molar-refractivity contribution in [3.63, 3.8) is 0 Å². The van der Waals surface area contributed by atoms with Crippen LogP contribution in [0.4, 0.5) is 0 Å². The standard InChI is InChI=1S/C46H92NO7P/c1-6-8-10-12-14-16-18-20-22-24-26-28-30-32-34-36-38-41-51-43-45(44-53-55(49,50)52-42-40-47(3,4)5)54-46(48)39-37-35-33-31-29-27-25-23-21-19-17-15-13-11-9-7-2/h22,24,45H,6-21,23,25-44H2,1-5H3/p+1/b24-22-. The van der Waals surface area contributed by atoms with Gasteiger partial charge in [0.15, 0.2) is 0 Å². The van der Waals surface area contributed by atoms with Crippen LogP contribution in [0.3, 0.4) is 0 Å². The molecule has 8 nitrogen and oxygen atoms in total. The summed E-state index contributed by atoms with van der Waals surface area (Å²) in [5.74, 6) is -0.311. The molecule has 1 N–H and O–H groups in total. The van der Waals surface area contributed by atoms with Gasteiger partial charge in [0.2, 0.25) is 0 Å². The molecule has 0 fully saturated rings. The molecule has 0 aliphatic carbocycles. The van der Waals surface area contributed by atoms with Crippen LogP contribution in [0.2, 0.25) is 0 Å². The van der Waals surface area contributed by atoms with E-state index in [0.717, 1.165) is 32.1 Å². The van der Waals surface area contributed by atoms with Crippen LogP contribution in [0.25, 0.3) is 0 Å². The minimum Gasteiger partial charge on any atom is -0.457 e. The number of phosphoric ester groups is 1. The number of nitrogens with zero attached hydrogens (tertiary/aromatic N) is 1. The first-order valence-corrected chi connectivity index (χ1v) is 24.9. The molecular weight excluding hydrogens is 709 g/mol. The first kappa shape index (κ1) is 54.2. The number of esters is 1. The number of phosphoric acid groups is 1. The Labute approximate surface area is 341 Å². The van der Waals surface area contributed by atoms with Crippen LogP contribution in [0.15, 0.2) is 12.2 Å². The number of carbonyl (C=O) groups is 1. The number of unbranched alkanes of at least 4 members (excludes halogenated alkanes) is 28. The summed E-state index contributed by atoms with van der Waals surface area (Å²) in [6.07, 6.45) is 43.8. The largest absolute Gasteiger partial charge is 0.472 e. The van der Waals surface area contributed by atoms with Crippen LogP contribution in [-0.2, 0) is 27.9 Å². The molecule has 0 saturated carbocycles. The van der Waals surface area contributed by atoms with Crippen LogP contribution >= 0.6 is 7.82 Å². The van der Waals surface area contributed by atoms with Gasteiger partial charge in [0.1, 0.15) is 19.3 Å². The predicted octanol–water partition coefficient (Wildman–Crippen LogP) is 13.8. The number of allylic oxidation sites excluding steroid dienone is 2. The zero-order valence-electron chi connectivity index (χ0n) is 37.2. The van der Waals surface area contributed by atoms with Crippen LogP contribution in [0.5, 0.6) is 0 Å². The molecule has 0 rings (SSSR count). The van der Waals surface area contributed by atoms with Crippen molar-refractivity contribution in [1.29, 1.82) is 0 Å². The second kappa shape index (κ2) is 40.0. The van der Waals surface area contributed by atoms with Crippen molar-refractivity contribution in [2.75, 3.05) is 54.1 Å². The molecule has 0 spiro atoms. The van der Waals surface area contributed by atoms with Gasteiger partial charge in [0.25, 0.3) is 0 Å². The highest BCUT2D eigenvalue weighted by atomic mass is 31.2. The summed E-state index contributed by atoms with van der Waals surface area (Å²) in [4.78, 5) is 22.9. The van der Waals surface area contributed by atoms with Gasteiger partial charge in [-0.2, -0.15) is 0 Å². The Morgan fingerprint density at radius 1 is 0.545 bits per heavy atom. The highest BCUT2D eigenvalue weighted by molar-refractivity contribution is 7.47. The second-order valence-corrected chi connectivity index (χ2v) is 18.6. The Kier molecular flexibility index (Phi) is 39.5. The molecule has 0 amide bonds. The third kappa shape index (κ3) is 44.2. The molecule has 9 heteroatoms. The number of hydrogen-bond donors (Lipinski definition) is 1. The predicted molar refractivity (Wildman–Crippen MR) is 234 cm³/mol. The van der Waals surface area contributed by atoms with Crippen LogP contribution in [0.1, 0.15) is 219 Å². The summed E-state index contributed by atoms with van der Waals surface area (Å²) >= 11 is 0. The minimum atomic E-state index is -4.27. The lowest BCUT2D eigenvalue weighted by Crippen LogP contribution is -2.37. The van der Waals surface area contributed by atoms with Gasteiger partial charge in [-0.3, -0.25) is 13.8 Å². The molecule has 2 unspecified atom stereocenters. The van der Waals surface area contributed by atoms with E-state index in [4.69, 9.17) is 18.5 Å². The molecule has 0 heterocycles. The highest BCUT2D eigenvalue weighted by Gasteiger charge is 2.26. The van der Waals surface area contributed by atoms with Crippen molar-refractivity contribution in [3.8, 4) is 0 Å². The summed E-state index contributed by atoms with van der Waals surface area (Å²) in [7, 11) is 1.68. The maximum Gasteiger partial charge on any atom is 0.472 e. The lowest BCUT2D eigenvalue weighted by Gasteiger charge is -2.24. The number of carbonyl (C=O) groups excluding carboxylic acids is 1. The van der Waals surface area contributed by atoms with E-state index in [0.29, 0.717) is 24.1 Å². The van der Waals surface area contributed by atoms with Crippen molar-refractivity contribution >= 4 is 13.8 Å². The first-order chi connectivity index (χ1) is 26.6. The molecule has 0 aliphatic heterocycles. The van der Waals surface area contributed by atoms with Gasteiger partial charge < -0.3 is 18.9 Å². The van der Waals surface area contributed by atoms with Gasteiger partial charge in [-0.15, -0.1) is 0 Å². The molecule has 2 atom stereocenters. The average molecular weight is 803 g/mol. The van der Waals surface area contributed by atoms with Crippen molar-refractivity contribution in [2.45, 2.75) is 225 Å². The normalized spacial score (nSPS) is 13.8. The minimum absolute atomic E-state index is 0.0908. The Bertz CT molecular complexity index is 894. The highest BCUT2D eigenvalue weighted by Crippen LogP contribution is 2.43. The molecule has 0 saturated heterocycles. The van der Waals surface area contributed by atoms with Gasteiger partial charge >= 0.3 is 13.8 Å². The maximum absolute atomic E-state index is 12.7. The van der Waals surface area contributed by atoms with E-state index in [1.165, 1.54) is 167 Å². The lowest BCUT2D eigenvalue weighted by molar-refractivity contribution is -0.870. The van der Waals surface area contributed by atoms with Gasteiger partial charge in [-0.25, -0.2) is 4.57 Å². The van der Waals surface area contributed by atoms with Gasteiger partial charge in [-0.1, -0.05) is 187 Å². The van der Waals surface area contributed by atoms with Crippen LogP contribution in [0, 0.1) is 0 Å². The molecular formula is C46H93NO7P+. The van der Waals surface area contributed by atoms with Gasteiger partial charge in [0.05, 0.1) is 34.4 Å². The molecule has 328 valence electrons. The first-order valence-electron chi connectivity index (χ1n) is 23.4. The summed E-state index contributed by atoms with van der Waals surface area (Å²) in [6.45, 7) is 5.65. The molecule has 0 radical (unpaired) electrons. The Hall–Kier alpha value is -0.760. The van der Waals surface area contributed by atoms with E-state index in [9.17, 15) is 14.3 Å². The number of hydrogen-bond acceptors (Lipinski definition) is 6. The Morgan fingerprint density at radius 3 is 1.38 bits per heavy atom. The Morgan fingerprint density at radius 2 is 0.945 bits per heavy atom. The fourth-order valence-corrected chi connectivity index (χ4v) is 7.41. The smallest absolute Gasteiger partial charge is 0.457 e. The summed E-state index contributed by atoms with van der Waals surface area (Å²) in [5, 5.41) is 0. The maximum atomic E-state index is 12.7. The lowest BCUT2D eigenvalue weighted by atomic mass is 10.0. The van der Waals surface area contributed by atoms with E-state index in [1.54, 1.807) is 0 Å². The number of ether oxygens (including phenoxy) is 2. The van der Waals surface area contributed by atoms with E-state index < -0.39 is 13.9 Å². The average Bonchev–Trinajstić information content (AvgIpc) is 3.13. The van der Waals surface area contributed by atoms with Crippen LogP contribution in [-0.4, -0.2) is 75.6 Å². The third-order valence-corrected chi connectivity index (χ3v) is 11.3. The summed E-state index contributed by atoms with van der Waals surface area (Å²) in [6, 6.07) is 0. The fourth-order valence-electron chi connectivity index (χ4n) is 6.67. The van der Waals surface area contributed by atoms with E-state index >= 15 is 0 Å². The van der Waals surface area contributed by atoms with Gasteiger partial charge in [0, 0.05) is 13.0 Å². The molecule has 0 aromatic heterocycles. The second-order valence-electron chi connectivity index (χ2n) is 17.1. The molecule has 0 aliphatic rings. The zero-order chi connectivity index (χ0) is 40.6. The third-order valence-electron chi connectivity index (χ3n) is 10.3. The SMILES string of the molecule is CCCCCCCCC/C=C\CCCCCCCCOCC(COP(=O)(O)OCC[N+](C)(C)C)OC(=O)CCCCCCCCCCCCCCCCCC. The van der Waals surface area contributed by atoms with Crippen molar-refractivity contribution in [1.82, 2.24) is 0 Å². The number of quaternary nitrogens is 1. The van der Waals surface area contributed by atoms with Crippen molar-refractivity contribution < 1.29 is 37.3 Å². The molecule has 0 aromatic carbocycles. The quantitative estimate of drug-likeness (QED) is 0.0216. The topological polar surface area (TPSA) is 91.3 Å². The molecule has 0 bridgehead atoms. The fraction of sp³-hybridized carbons (Fsp3) is 0.935.